The molecule has 0 radical (unpaired) electrons. The van der Waals surface area contributed by atoms with Crippen molar-refractivity contribution in [2.45, 2.75) is 33.6 Å². The summed E-state index contributed by atoms with van der Waals surface area (Å²) in [6.45, 7) is 6.54. The molecule has 2 rings (SSSR count). The minimum absolute atomic E-state index is 0.224. The van der Waals surface area contributed by atoms with Crippen LogP contribution in [0.2, 0.25) is 0 Å². The Bertz CT molecular complexity index is 888. The van der Waals surface area contributed by atoms with Gasteiger partial charge in [0, 0.05) is 25.2 Å². The van der Waals surface area contributed by atoms with Gasteiger partial charge in [-0.1, -0.05) is 17.2 Å². The molecule has 5 nitrogen and oxygen atoms in total. The van der Waals surface area contributed by atoms with E-state index in [4.69, 9.17) is 4.74 Å². The number of aromatic nitrogens is 1. The summed E-state index contributed by atoms with van der Waals surface area (Å²) < 4.78 is 5.75. The van der Waals surface area contributed by atoms with E-state index in [1.807, 2.05) is 43.3 Å². The number of H-pyrrole nitrogens is 1. The van der Waals surface area contributed by atoms with Crippen molar-refractivity contribution in [3.8, 4) is 11.5 Å². The lowest BCUT2D eigenvalue weighted by molar-refractivity contribution is 0.337. The highest BCUT2D eigenvalue weighted by Crippen LogP contribution is 2.32. The second-order valence-corrected chi connectivity index (χ2v) is 6.94. The average molecular weight is 356 g/mol. The summed E-state index contributed by atoms with van der Waals surface area (Å²) in [6.07, 6.45) is 6.15. The number of aromatic hydroxyl groups is 1. The highest BCUT2D eigenvalue weighted by Gasteiger charge is 2.13. The molecule has 0 fully saturated rings. The molecular formula is C21H28N2O3. The SMILES string of the molecule is CC(C)=CCCC(C)=CCOc1c(O)c(=O)[nH]c2cc(N(C)C)ccc12. The van der Waals surface area contributed by atoms with Gasteiger partial charge in [0.15, 0.2) is 5.75 Å². The summed E-state index contributed by atoms with van der Waals surface area (Å²) >= 11 is 0. The quantitative estimate of drug-likeness (QED) is 0.723. The molecule has 2 aromatic rings. The highest BCUT2D eigenvalue weighted by atomic mass is 16.5. The van der Waals surface area contributed by atoms with Crippen molar-refractivity contribution in [1.82, 2.24) is 4.98 Å². The number of nitrogens with zero attached hydrogens (tertiary/aromatic N) is 1. The molecule has 0 saturated heterocycles. The molecule has 0 amide bonds. The Hall–Kier alpha value is -2.69. The molecule has 2 N–H and O–H groups in total. The normalized spacial score (nSPS) is 11.5. The Kier molecular flexibility index (Phi) is 6.50. The molecule has 0 aliphatic heterocycles. The van der Waals surface area contributed by atoms with Crippen LogP contribution in [0, 0.1) is 0 Å². The summed E-state index contributed by atoms with van der Waals surface area (Å²) in [5.41, 5.74) is 3.57. The van der Waals surface area contributed by atoms with Crippen LogP contribution in [-0.2, 0) is 0 Å². The van der Waals surface area contributed by atoms with Crippen LogP contribution in [-0.4, -0.2) is 30.8 Å². The molecule has 5 heteroatoms. The van der Waals surface area contributed by atoms with E-state index >= 15 is 0 Å². The van der Waals surface area contributed by atoms with Crippen LogP contribution in [0.15, 0.2) is 46.3 Å². The third-order valence-corrected chi connectivity index (χ3v) is 4.19. The van der Waals surface area contributed by atoms with Gasteiger partial charge in [-0.25, -0.2) is 0 Å². The summed E-state index contributed by atoms with van der Waals surface area (Å²) in [6, 6.07) is 5.64. The minimum atomic E-state index is -0.548. The second-order valence-electron chi connectivity index (χ2n) is 6.94. The molecule has 1 aromatic carbocycles. The van der Waals surface area contributed by atoms with Crippen molar-refractivity contribution in [2.24, 2.45) is 0 Å². The standard InChI is InChI=1S/C21H28N2O3/c1-14(2)7-6-8-15(3)11-12-26-20-17-10-9-16(23(4)5)13-18(17)22-21(25)19(20)24/h7,9-11,13,24H,6,8,12H2,1-5H3,(H,22,25). The van der Waals surface area contributed by atoms with Crippen molar-refractivity contribution in [2.75, 3.05) is 25.6 Å². The van der Waals surface area contributed by atoms with Crippen LogP contribution < -0.4 is 15.2 Å². The Labute approximate surface area is 154 Å². The number of allylic oxidation sites excluding steroid dienone is 3. The lowest BCUT2D eigenvalue weighted by Gasteiger charge is -2.15. The van der Waals surface area contributed by atoms with E-state index in [1.165, 1.54) is 11.1 Å². The van der Waals surface area contributed by atoms with Crippen LogP contribution in [0.4, 0.5) is 5.69 Å². The number of nitrogens with one attached hydrogen (secondary N) is 1. The fourth-order valence-corrected chi connectivity index (χ4v) is 2.63. The number of hydrogen-bond donors (Lipinski definition) is 2. The molecule has 1 aromatic heterocycles. The first-order valence-electron chi connectivity index (χ1n) is 8.77. The highest BCUT2D eigenvalue weighted by molar-refractivity contribution is 5.89. The number of aromatic amines is 1. The fraction of sp³-hybridized carbons (Fsp3) is 0.381. The molecule has 0 bridgehead atoms. The van der Waals surface area contributed by atoms with Crippen molar-refractivity contribution < 1.29 is 9.84 Å². The molecule has 0 atom stereocenters. The largest absolute Gasteiger partial charge is 0.500 e. The Morgan fingerprint density at radius 2 is 1.96 bits per heavy atom. The maximum Gasteiger partial charge on any atom is 0.294 e. The first kappa shape index (κ1) is 19.6. The molecule has 0 unspecified atom stereocenters. The Morgan fingerprint density at radius 1 is 1.23 bits per heavy atom. The first-order chi connectivity index (χ1) is 12.3. The summed E-state index contributed by atoms with van der Waals surface area (Å²) in [5, 5.41) is 10.8. The predicted molar refractivity (Wildman–Crippen MR) is 108 cm³/mol. The fourth-order valence-electron chi connectivity index (χ4n) is 2.63. The van der Waals surface area contributed by atoms with Crippen LogP contribution in [0.25, 0.3) is 10.9 Å². The number of hydrogen-bond acceptors (Lipinski definition) is 4. The zero-order valence-electron chi connectivity index (χ0n) is 16.2. The first-order valence-corrected chi connectivity index (χ1v) is 8.77. The van der Waals surface area contributed by atoms with E-state index in [1.54, 1.807) is 0 Å². The van der Waals surface area contributed by atoms with Gasteiger partial charge in [0.05, 0.1) is 5.52 Å². The third-order valence-electron chi connectivity index (χ3n) is 4.19. The Balaban J connectivity index is 2.22. The van der Waals surface area contributed by atoms with Gasteiger partial charge in [-0.2, -0.15) is 0 Å². The molecule has 0 spiro atoms. The second kappa shape index (κ2) is 8.61. The predicted octanol–water partition coefficient (Wildman–Crippen LogP) is 4.37. The smallest absolute Gasteiger partial charge is 0.294 e. The molecule has 0 aliphatic rings. The van der Waals surface area contributed by atoms with E-state index in [9.17, 15) is 9.90 Å². The summed E-state index contributed by atoms with van der Waals surface area (Å²) in [7, 11) is 3.86. The van der Waals surface area contributed by atoms with Gasteiger partial charge in [-0.15, -0.1) is 0 Å². The van der Waals surface area contributed by atoms with Gasteiger partial charge in [0.1, 0.15) is 6.61 Å². The minimum Gasteiger partial charge on any atom is -0.500 e. The van der Waals surface area contributed by atoms with Gasteiger partial charge >= 0.3 is 0 Å². The topological polar surface area (TPSA) is 65.6 Å². The number of anilines is 1. The number of ether oxygens (including phenoxy) is 1. The maximum atomic E-state index is 12.0. The summed E-state index contributed by atoms with van der Waals surface area (Å²) in [4.78, 5) is 16.7. The zero-order chi connectivity index (χ0) is 19.3. The lowest BCUT2D eigenvalue weighted by atomic mass is 10.1. The number of pyridine rings is 1. The van der Waals surface area contributed by atoms with E-state index in [0.29, 0.717) is 17.5 Å². The lowest BCUT2D eigenvalue weighted by Crippen LogP contribution is -2.11. The van der Waals surface area contributed by atoms with Gasteiger partial charge in [-0.3, -0.25) is 4.79 Å². The van der Waals surface area contributed by atoms with Crippen molar-refractivity contribution in [3.63, 3.8) is 0 Å². The van der Waals surface area contributed by atoms with Gasteiger partial charge in [0.25, 0.3) is 5.56 Å². The van der Waals surface area contributed by atoms with E-state index in [2.05, 4.69) is 31.8 Å². The van der Waals surface area contributed by atoms with E-state index in [-0.39, 0.29) is 11.5 Å². The van der Waals surface area contributed by atoms with Crippen LogP contribution in [0.3, 0.4) is 0 Å². The maximum absolute atomic E-state index is 12.0. The zero-order valence-corrected chi connectivity index (χ0v) is 16.2. The number of fused-ring (bicyclic) bond motifs is 1. The van der Waals surface area contributed by atoms with Crippen LogP contribution in [0.1, 0.15) is 33.6 Å². The van der Waals surface area contributed by atoms with Crippen molar-refractivity contribution in [3.05, 3.63) is 51.9 Å². The molecule has 1 heterocycles. The third kappa shape index (κ3) is 4.91. The summed E-state index contributed by atoms with van der Waals surface area (Å²) in [5.74, 6) is -0.159. The molecular weight excluding hydrogens is 328 g/mol. The Morgan fingerprint density at radius 3 is 2.62 bits per heavy atom. The van der Waals surface area contributed by atoms with Crippen molar-refractivity contribution in [1.29, 1.82) is 0 Å². The molecule has 26 heavy (non-hydrogen) atoms. The average Bonchev–Trinajstić information content (AvgIpc) is 2.57. The molecule has 0 saturated carbocycles. The molecule has 0 aliphatic carbocycles. The van der Waals surface area contributed by atoms with Gasteiger partial charge in [0.2, 0.25) is 5.75 Å². The van der Waals surface area contributed by atoms with Gasteiger partial charge < -0.3 is 19.7 Å². The number of rotatable bonds is 7. The molecule has 140 valence electrons. The van der Waals surface area contributed by atoms with Crippen LogP contribution >= 0.6 is 0 Å². The van der Waals surface area contributed by atoms with Gasteiger partial charge in [-0.05, 0) is 57.9 Å². The van der Waals surface area contributed by atoms with E-state index in [0.717, 1.165) is 18.5 Å². The van der Waals surface area contributed by atoms with Crippen molar-refractivity contribution >= 4 is 16.6 Å². The monoisotopic (exact) mass is 356 g/mol. The number of benzene rings is 1. The van der Waals surface area contributed by atoms with Crippen LogP contribution in [0.5, 0.6) is 11.5 Å². The van der Waals surface area contributed by atoms with E-state index < -0.39 is 5.56 Å².